The Balaban J connectivity index is 2.23. The Labute approximate surface area is 142 Å². The lowest BCUT2D eigenvalue weighted by Crippen LogP contribution is -2.17. The molecule has 3 heteroatoms. The van der Waals surface area contributed by atoms with Gasteiger partial charge < -0.3 is 15.2 Å². The van der Waals surface area contributed by atoms with Crippen molar-refractivity contribution in [3.63, 3.8) is 0 Å². The van der Waals surface area contributed by atoms with Crippen LogP contribution in [0.5, 0.6) is 11.5 Å². The van der Waals surface area contributed by atoms with E-state index in [-0.39, 0.29) is 6.04 Å². The van der Waals surface area contributed by atoms with Crippen LogP contribution in [0.3, 0.4) is 0 Å². The van der Waals surface area contributed by atoms with Crippen LogP contribution in [-0.4, -0.2) is 19.8 Å². The number of methoxy groups -OCH3 is 1. The SMILES string of the molecule is CCCCCCCCCCOc1ccc(CC(C)N)cc1OC. The summed E-state index contributed by atoms with van der Waals surface area (Å²) in [6, 6.07) is 6.27. The van der Waals surface area contributed by atoms with Crippen LogP contribution < -0.4 is 15.2 Å². The minimum Gasteiger partial charge on any atom is -0.493 e. The minimum absolute atomic E-state index is 0.156. The second kappa shape index (κ2) is 12.2. The number of unbranched alkanes of at least 4 members (excludes halogenated alkanes) is 7. The number of nitrogens with two attached hydrogens (primary N) is 1. The van der Waals surface area contributed by atoms with Crippen LogP contribution in [0.4, 0.5) is 0 Å². The monoisotopic (exact) mass is 321 g/mol. The van der Waals surface area contributed by atoms with Crippen molar-refractivity contribution < 1.29 is 9.47 Å². The predicted molar refractivity (Wildman–Crippen MR) is 98.5 cm³/mol. The van der Waals surface area contributed by atoms with E-state index >= 15 is 0 Å². The van der Waals surface area contributed by atoms with Crippen LogP contribution in [0, 0.1) is 0 Å². The number of benzene rings is 1. The Hall–Kier alpha value is -1.22. The van der Waals surface area contributed by atoms with Gasteiger partial charge in [0.25, 0.3) is 0 Å². The van der Waals surface area contributed by atoms with Crippen molar-refractivity contribution in [2.45, 2.75) is 77.7 Å². The van der Waals surface area contributed by atoms with Crippen LogP contribution in [0.25, 0.3) is 0 Å². The molecule has 0 heterocycles. The summed E-state index contributed by atoms with van der Waals surface area (Å²) in [5.74, 6) is 1.64. The van der Waals surface area contributed by atoms with Crippen molar-refractivity contribution in [1.29, 1.82) is 0 Å². The molecule has 2 N–H and O–H groups in total. The molecular formula is C20H35NO2. The van der Waals surface area contributed by atoms with Gasteiger partial charge >= 0.3 is 0 Å². The van der Waals surface area contributed by atoms with E-state index in [2.05, 4.69) is 13.0 Å². The first-order valence-corrected chi connectivity index (χ1v) is 9.22. The maximum Gasteiger partial charge on any atom is 0.161 e. The lowest BCUT2D eigenvalue weighted by molar-refractivity contribution is 0.284. The smallest absolute Gasteiger partial charge is 0.161 e. The van der Waals surface area contributed by atoms with E-state index in [4.69, 9.17) is 15.2 Å². The van der Waals surface area contributed by atoms with Gasteiger partial charge in [-0.15, -0.1) is 0 Å². The molecule has 0 spiro atoms. The lowest BCUT2D eigenvalue weighted by Gasteiger charge is -2.13. The van der Waals surface area contributed by atoms with Crippen molar-refractivity contribution >= 4 is 0 Å². The van der Waals surface area contributed by atoms with E-state index in [1.165, 1.54) is 50.5 Å². The van der Waals surface area contributed by atoms with Gasteiger partial charge in [-0.25, -0.2) is 0 Å². The largest absolute Gasteiger partial charge is 0.493 e. The van der Waals surface area contributed by atoms with Gasteiger partial charge in [0.15, 0.2) is 11.5 Å². The van der Waals surface area contributed by atoms with E-state index in [1.54, 1.807) is 7.11 Å². The van der Waals surface area contributed by atoms with Gasteiger partial charge in [-0.05, 0) is 37.5 Å². The molecule has 1 aromatic rings. The van der Waals surface area contributed by atoms with Gasteiger partial charge in [-0.3, -0.25) is 0 Å². The number of ether oxygens (including phenoxy) is 2. The highest BCUT2D eigenvalue weighted by Crippen LogP contribution is 2.28. The number of hydrogen-bond donors (Lipinski definition) is 1. The Morgan fingerprint density at radius 2 is 1.61 bits per heavy atom. The molecule has 0 saturated carbocycles. The quantitative estimate of drug-likeness (QED) is 0.514. The van der Waals surface area contributed by atoms with Crippen LogP contribution in [0.1, 0.15) is 70.8 Å². The van der Waals surface area contributed by atoms with Crippen LogP contribution in [-0.2, 0) is 6.42 Å². The average molecular weight is 322 g/mol. The Morgan fingerprint density at radius 3 is 2.22 bits per heavy atom. The van der Waals surface area contributed by atoms with Gasteiger partial charge in [0.2, 0.25) is 0 Å². The highest BCUT2D eigenvalue weighted by atomic mass is 16.5. The zero-order valence-electron chi connectivity index (χ0n) is 15.3. The minimum atomic E-state index is 0.156. The Morgan fingerprint density at radius 1 is 0.957 bits per heavy atom. The fourth-order valence-corrected chi connectivity index (χ4v) is 2.75. The zero-order chi connectivity index (χ0) is 16.9. The first kappa shape index (κ1) is 19.8. The van der Waals surface area contributed by atoms with Gasteiger partial charge in [0.1, 0.15) is 0 Å². The third kappa shape index (κ3) is 8.85. The second-order valence-corrected chi connectivity index (χ2v) is 6.49. The molecule has 0 aliphatic carbocycles. The standard InChI is InChI=1S/C20H35NO2/c1-4-5-6-7-8-9-10-11-14-23-19-13-12-18(15-17(2)21)16-20(19)22-3/h12-13,16-17H,4-11,14-15,21H2,1-3H3. The summed E-state index contributed by atoms with van der Waals surface area (Å²) in [6.45, 7) is 5.03. The average Bonchev–Trinajstić information content (AvgIpc) is 2.53. The summed E-state index contributed by atoms with van der Waals surface area (Å²) in [7, 11) is 1.69. The van der Waals surface area contributed by atoms with Crippen molar-refractivity contribution in [1.82, 2.24) is 0 Å². The first-order valence-electron chi connectivity index (χ1n) is 9.22. The molecule has 1 atom stereocenters. The molecule has 0 fully saturated rings. The molecule has 1 aromatic carbocycles. The van der Waals surface area contributed by atoms with Crippen LogP contribution in [0.2, 0.25) is 0 Å². The van der Waals surface area contributed by atoms with Gasteiger partial charge in [-0.1, -0.05) is 57.9 Å². The van der Waals surface area contributed by atoms with E-state index < -0.39 is 0 Å². The third-order valence-electron chi connectivity index (χ3n) is 4.04. The summed E-state index contributed by atoms with van der Waals surface area (Å²) in [4.78, 5) is 0. The third-order valence-corrected chi connectivity index (χ3v) is 4.04. The van der Waals surface area contributed by atoms with E-state index in [0.29, 0.717) is 0 Å². The molecule has 1 rings (SSSR count). The fraction of sp³-hybridized carbons (Fsp3) is 0.700. The highest BCUT2D eigenvalue weighted by molar-refractivity contribution is 5.43. The molecule has 0 amide bonds. The van der Waals surface area contributed by atoms with Crippen molar-refractivity contribution in [2.24, 2.45) is 5.73 Å². The molecule has 0 aliphatic rings. The summed E-state index contributed by atoms with van der Waals surface area (Å²) in [5.41, 5.74) is 7.04. The molecule has 3 nitrogen and oxygen atoms in total. The molecule has 0 radical (unpaired) electrons. The molecule has 0 bridgehead atoms. The summed E-state index contributed by atoms with van der Waals surface area (Å²) < 4.78 is 11.3. The van der Waals surface area contributed by atoms with Gasteiger partial charge in [-0.2, -0.15) is 0 Å². The van der Waals surface area contributed by atoms with Gasteiger partial charge in [0, 0.05) is 6.04 Å². The second-order valence-electron chi connectivity index (χ2n) is 6.49. The summed E-state index contributed by atoms with van der Waals surface area (Å²) in [6.07, 6.45) is 11.3. The summed E-state index contributed by atoms with van der Waals surface area (Å²) in [5, 5.41) is 0. The van der Waals surface area contributed by atoms with Crippen LogP contribution >= 0.6 is 0 Å². The maximum absolute atomic E-state index is 5.88. The first-order chi connectivity index (χ1) is 11.2. The van der Waals surface area contributed by atoms with E-state index in [0.717, 1.165) is 30.9 Å². The zero-order valence-corrected chi connectivity index (χ0v) is 15.3. The molecule has 1 unspecified atom stereocenters. The Kier molecular flexibility index (Phi) is 10.5. The fourth-order valence-electron chi connectivity index (χ4n) is 2.75. The molecule has 23 heavy (non-hydrogen) atoms. The number of rotatable bonds is 13. The van der Waals surface area contributed by atoms with Crippen molar-refractivity contribution in [2.75, 3.05) is 13.7 Å². The lowest BCUT2D eigenvalue weighted by atomic mass is 10.1. The van der Waals surface area contributed by atoms with Crippen molar-refractivity contribution in [3.05, 3.63) is 23.8 Å². The Bertz CT molecular complexity index is 418. The normalized spacial score (nSPS) is 12.2. The topological polar surface area (TPSA) is 44.5 Å². The highest BCUT2D eigenvalue weighted by Gasteiger charge is 2.07. The molecule has 132 valence electrons. The van der Waals surface area contributed by atoms with E-state index in [9.17, 15) is 0 Å². The molecule has 0 aliphatic heterocycles. The summed E-state index contributed by atoms with van der Waals surface area (Å²) >= 11 is 0. The maximum atomic E-state index is 5.88. The van der Waals surface area contributed by atoms with E-state index in [1.807, 2.05) is 19.1 Å². The van der Waals surface area contributed by atoms with Crippen molar-refractivity contribution in [3.8, 4) is 11.5 Å². The number of hydrogen-bond acceptors (Lipinski definition) is 3. The molecule has 0 aromatic heterocycles. The molecule has 0 saturated heterocycles. The van der Waals surface area contributed by atoms with Gasteiger partial charge in [0.05, 0.1) is 13.7 Å². The predicted octanol–water partition coefficient (Wildman–Crippen LogP) is 5.10. The molecular weight excluding hydrogens is 286 g/mol. The van der Waals surface area contributed by atoms with Crippen LogP contribution in [0.15, 0.2) is 18.2 Å².